The minimum absolute atomic E-state index is 0.171. The Balaban J connectivity index is 2.10. The fraction of sp³-hybridized carbons (Fsp3) is 0.667. The highest BCUT2D eigenvalue weighted by atomic mass is 79.9. The highest BCUT2D eigenvalue weighted by Gasteiger charge is 2.38. The van der Waals surface area contributed by atoms with Crippen LogP contribution in [-0.4, -0.2) is 5.33 Å². The predicted molar refractivity (Wildman–Crippen MR) is 95.4 cm³/mol. The summed E-state index contributed by atoms with van der Waals surface area (Å²) in [7, 11) is 0. The Morgan fingerprint density at radius 2 is 1.86 bits per heavy atom. The van der Waals surface area contributed by atoms with Crippen LogP contribution in [0.2, 0.25) is 0 Å². The molecule has 21 heavy (non-hydrogen) atoms. The van der Waals surface area contributed by atoms with E-state index in [-0.39, 0.29) is 5.82 Å². The lowest BCUT2D eigenvalue weighted by Gasteiger charge is -2.43. The molecule has 0 amide bonds. The van der Waals surface area contributed by atoms with E-state index in [0.717, 1.165) is 22.1 Å². The quantitative estimate of drug-likeness (QED) is 0.475. The van der Waals surface area contributed by atoms with E-state index in [1.807, 2.05) is 6.07 Å². The standard InChI is InChI=1S/C18H25Br2F/c1-17(2,3)14-6-8-18(12-19,9-7-14)11-13-4-5-15(21)10-16(13)20/h4-5,10,14H,6-9,11-12H2,1-3H3. The lowest BCUT2D eigenvalue weighted by Crippen LogP contribution is -2.35. The fourth-order valence-electron chi connectivity index (χ4n) is 3.52. The van der Waals surface area contributed by atoms with Gasteiger partial charge in [0.05, 0.1) is 0 Å². The first-order valence-electron chi connectivity index (χ1n) is 7.76. The van der Waals surface area contributed by atoms with Crippen molar-refractivity contribution in [3.8, 4) is 0 Å². The molecule has 1 aromatic rings. The number of hydrogen-bond donors (Lipinski definition) is 0. The molecular weight excluding hydrogens is 395 g/mol. The molecule has 1 aliphatic rings. The third kappa shape index (κ3) is 4.31. The number of alkyl halides is 1. The Bertz CT molecular complexity index is 482. The molecular formula is C18H25Br2F. The van der Waals surface area contributed by atoms with Crippen molar-refractivity contribution in [2.75, 3.05) is 5.33 Å². The molecule has 1 saturated carbocycles. The van der Waals surface area contributed by atoms with Gasteiger partial charge in [0.15, 0.2) is 0 Å². The molecule has 2 rings (SSSR count). The SMILES string of the molecule is CC(C)(C)C1CCC(CBr)(Cc2ccc(F)cc2Br)CC1. The molecule has 0 spiro atoms. The topological polar surface area (TPSA) is 0 Å². The number of halogens is 3. The van der Waals surface area contributed by atoms with Gasteiger partial charge in [-0.25, -0.2) is 4.39 Å². The van der Waals surface area contributed by atoms with E-state index in [1.165, 1.54) is 31.2 Å². The van der Waals surface area contributed by atoms with E-state index < -0.39 is 0 Å². The lowest BCUT2D eigenvalue weighted by atomic mass is 9.63. The third-order valence-electron chi connectivity index (χ3n) is 5.14. The number of benzene rings is 1. The Morgan fingerprint density at radius 1 is 1.24 bits per heavy atom. The molecule has 0 saturated heterocycles. The Morgan fingerprint density at radius 3 is 2.33 bits per heavy atom. The minimum atomic E-state index is -0.171. The van der Waals surface area contributed by atoms with Gasteiger partial charge in [0.25, 0.3) is 0 Å². The largest absolute Gasteiger partial charge is 0.207 e. The molecule has 0 atom stereocenters. The second-order valence-corrected chi connectivity index (χ2v) is 9.10. The molecule has 0 radical (unpaired) electrons. The Labute approximate surface area is 145 Å². The zero-order valence-corrected chi connectivity index (χ0v) is 16.4. The van der Waals surface area contributed by atoms with Gasteiger partial charge in [-0.3, -0.25) is 0 Å². The van der Waals surface area contributed by atoms with Gasteiger partial charge in [-0.05, 0) is 66.5 Å². The second kappa shape index (κ2) is 6.70. The molecule has 0 N–H and O–H groups in total. The van der Waals surface area contributed by atoms with Gasteiger partial charge in [0, 0.05) is 9.80 Å². The van der Waals surface area contributed by atoms with E-state index in [0.29, 0.717) is 10.8 Å². The van der Waals surface area contributed by atoms with Gasteiger partial charge in [0.1, 0.15) is 5.82 Å². The Kier molecular flexibility index (Phi) is 5.57. The van der Waals surface area contributed by atoms with Crippen molar-refractivity contribution in [2.45, 2.75) is 52.9 Å². The average molecular weight is 420 g/mol. The van der Waals surface area contributed by atoms with Gasteiger partial charge >= 0.3 is 0 Å². The zero-order chi connectivity index (χ0) is 15.7. The van der Waals surface area contributed by atoms with Crippen molar-refractivity contribution in [1.29, 1.82) is 0 Å². The molecule has 1 fully saturated rings. The van der Waals surface area contributed by atoms with Gasteiger partial charge in [0.2, 0.25) is 0 Å². The van der Waals surface area contributed by atoms with Crippen molar-refractivity contribution in [3.63, 3.8) is 0 Å². The summed E-state index contributed by atoms with van der Waals surface area (Å²) in [6, 6.07) is 5.08. The summed E-state index contributed by atoms with van der Waals surface area (Å²) in [6.45, 7) is 7.07. The molecule has 0 heterocycles. The van der Waals surface area contributed by atoms with Gasteiger partial charge < -0.3 is 0 Å². The third-order valence-corrected chi connectivity index (χ3v) is 7.06. The van der Waals surface area contributed by atoms with Gasteiger partial charge in [-0.2, -0.15) is 0 Å². The maximum absolute atomic E-state index is 13.2. The van der Waals surface area contributed by atoms with Gasteiger partial charge in [-0.15, -0.1) is 0 Å². The van der Waals surface area contributed by atoms with E-state index in [1.54, 1.807) is 12.1 Å². The van der Waals surface area contributed by atoms with Crippen LogP contribution < -0.4 is 0 Å². The van der Waals surface area contributed by atoms with Crippen molar-refractivity contribution in [2.24, 2.45) is 16.7 Å². The second-order valence-electron chi connectivity index (χ2n) is 7.69. The monoisotopic (exact) mass is 418 g/mol. The summed E-state index contributed by atoms with van der Waals surface area (Å²) >= 11 is 7.26. The summed E-state index contributed by atoms with van der Waals surface area (Å²) in [6.07, 6.45) is 6.13. The van der Waals surface area contributed by atoms with E-state index in [2.05, 4.69) is 52.6 Å². The van der Waals surface area contributed by atoms with E-state index >= 15 is 0 Å². The molecule has 1 aromatic carbocycles. The summed E-state index contributed by atoms with van der Waals surface area (Å²) in [5.74, 6) is 0.649. The molecule has 0 bridgehead atoms. The highest BCUT2D eigenvalue weighted by molar-refractivity contribution is 9.10. The van der Waals surface area contributed by atoms with Gasteiger partial charge in [-0.1, -0.05) is 58.7 Å². The highest BCUT2D eigenvalue weighted by Crippen LogP contribution is 2.48. The predicted octanol–water partition coefficient (Wildman–Crippen LogP) is 6.75. The maximum atomic E-state index is 13.2. The summed E-state index contributed by atoms with van der Waals surface area (Å²) < 4.78 is 14.2. The van der Waals surface area contributed by atoms with Crippen LogP contribution in [0, 0.1) is 22.6 Å². The van der Waals surface area contributed by atoms with E-state index in [4.69, 9.17) is 0 Å². The van der Waals surface area contributed by atoms with Crippen molar-refractivity contribution >= 4 is 31.9 Å². The summed E-state index contributed by atoms with van der Waals surface area (Å²) in [5, 5.41) is 1.03. The van der Waals surface area contributed by atoms with E-state index in [9.17, 15) is 4.39 Å². The molecule has 0 unspecified atom stereocenters. The molecule has 0 aromatic heterocycles. The van der Waals surface area contributed by atoms with Crippen molar-refractivity contribution in [1.82, 2.24) is 0 Å². The molecule has 0 nitrogen and oxygen atoms in total. The van der Waals surface area contributed by atoms with Crippen LogP contribution >= 0.6 is 31.9 Å². The van der Waals surface area contributed by atoms with Crippen LogP contribution in [0.25, 0.3) is 0 Å². The van der Waals surface area contributed by atoms with Crippen LogP contribution in [0.15, 0.2) is 22.7 Å². The number of hydrogen-bond acceptors (Lipinski definition) is 0. The fourth-order valence-corrected chi connectivity index (χ4v) is 4.77. The summed E-state index contributed by atoms with van der Waals surface area (Å²) in [4.78, 5) is 0. The summed E-state index contributed by atoms with van der Waals surface area (Å²) in [5.41, 5.74) is 1.96. The maximum Gasteiger partial charge on any atom is 0.124 e. The number of rotatable bonds is 3. The smallest absolute Gasteiger partial charge is 0.124 e. The zero-order valence-electron chi connectivity index (χ0n) is 13.2. The van der Waals surface area contributed by atoms with Crippen LogP contribution in [-0.2, 0) is 6.42 Å². The molecule has 118 valence electrons. The Hall–Kier alpha value is 0.110. The van der Waals surface area contributed by atoms with Crippen molar-refractivity contribution < 1.29 is 4.39 Å². The minimum Gasteiger partial charge on any atom is -0.207 e. The molecule has 3 heteroatoms. The van der Waals surface area contributed by atoms with Crippen LogP contribution in [0.3, 0.4) is 0 Å². The first-order valence-corrected chi connectivity index (χ1v) is 9.67. The lowest BCUT2D eigenvalue weighted by molar-refractivity contribution is 0.103. The molecule has 0 aliphatic heterocycles. The average Bonchev–Trinajstić information content (AvgIpc) is 2.41. The molecule has 1 aliphatic carbocycles. The van der Waals surface area contributed by atoms with Crippen molar-refractivity contribution in [3.05, 3.63) is 34.1 Å². The first kappa shape index (κ1) is 17.5. The van der Waals surface area contributed by atoms with Crippen LogP contribution in [0.1, 0.15) is 52.0 Å². The van der Waals surface area contributed by atoms with Crippen LogP contribution in [0.4, 0.5) is 4.39 Å². The normalized spacial score (nSPS) is 26.9. The first-order chi connectivity index (χ1) is 9.76. The van der Waals surface area contributed by atoms with Crippen LogP contribution in [0.5, 0.6) is 0 Å².